The zero-order valence-electron chi connectivity index (χ0n) is 7.60. The first-order chi connectivity index (χ1) is 6.07. The zero-order valence-corrected chi connectivity index (χ0v) is 8.35. The SMILES string of the molecule is CCc1c(C)ccc(C(=O)O)c1Cl. The molecule has 0 spiro atoms. The molecule has 0 saturated heterocycles. The molecule has 1 N–H and O–H groups in total. The van der Waals surface area contributed by atoms with Gasteiger partial charge in [0.1, 0.15) is 0 Å². The standard InChI is InChI=1S/C10H11ClO2/c1-3-7-6(2)4-5-8(9(7)11)10(12)13/h4-5H,3H2,1-2H3,(H,12,13). The van der Waals surface area contributed by atoms with Gasteiger partial charge < -0.3 is 5.11 Å². The van der Waals surface area contributed by atoms with E-state index in [1.165, 1.54) is 0 Å². The van der Waals surface area contributed by atoms with Crippen LogP contribution in [-0.2, 0) is 6.42 Å². The van der Waals surface area contributed by atoms with E-state index in [-0.39, 0.29) is 5.56 Å². The van der Waals surface area contributed by atoms with Gasteiger partial charge in [-0.15, -0.1) is 0 Å². The van der Waals surface area contributed by atoms with E-state index in [0.717, 1.165) is 17.5 Å². The molecule has 0 bridgehead atoms. The Morgan fingerprint density at radius 3 is 2.62 bits per heavy atom. The van der Waals surface area contributed by atoms with Crippen molar-refractivity contribution in [2.75, 3.05) is 0 Å². The lowest BCUT2D eigenvalue weighted by Gasteiger charge is -2.07. The van der Waals surface area contributed by atoms with Crippen LogP contribution in [0.1, 0.15) is 28.4 Å². The number of carbonyl (C=O) groups is 1. The third kappa shape index (κ3) is 1.83. The molecule has 0 heterocycles. The van der Waals surface area contributed by atoms with Crippen LogP contribution in [0.25, 0.3) is 0 Å². The quantitative estimate of drug-likeness (QED) is 0.794. The highest BCUT2D eigenvalue weighted by atomic mass is 35.5. The smallest absolute Gasteiger partial charge is 0.337 e. The van der Waals surface area contributed by atoms with Gasteiger partial charge >= 0.3 is 5.97 Å². The topological polar surface area (TPSA) is 37.3 Å². The van der Waals surface area contributed by atoms with Crippen molar-refractivity contribution < 1.29 is 9.90 Å². The average molecular weight is 199 g/mol. The van der Waals surface area contributed by atoms with Crippen LogP contribution in [0.3, 0.4) is 0 Å². The number of carboxylic acid groups (broad SMARTS) is 1. The normalized spacial score (nSPS) is 10.1. The fraction of sp³-hybridized carbons (Fsp3) is 0.300. The van der Waals surface area contributed by atoms with Gasteiger partial charge in [-0.1, -0.05) is 24.6 Å². The monoisotopic (exact) mass is 198 g/mol. The minimum Gasteiger partial charge on any atom is -0.478 e. The van der Waals surface area contributed by atoms with Crippen molar-refractivity contribution in [3.63, 3.8) is 0 Å². The van der Waals surface area contributed by atoms with Crippen LogP contribution in [0.2, 0.25) is 5.02 Å². The van der Waals surface area contributed by atoms with Crippen LogP contribution in [0.15, 0.2) is 12.1 Å². The van der Waals surface area contributed by atoms with E-state index in [1.807, 2.05) is 13.8 Å². The van der Waals surface area contributed by atoms with Crippen molar-refractivity contribution in [3.05, 3.63) is 33.8 Å². The van der Waals surface area contributed by atoms with Gasteiger partial charge in [0.15, 0.2) is 0 Å². The summed E-state index contributed by atoms with van der Waals surface area (Å²) in [6, 6.07) is 3.33. The van der Waals surface area contributed by atoms with Crippen LogP contribution in [-0.4, -0.2) is 11.1 Å². The highest BCUT2D eigenvalue weighted by Gasteiger charge is 2.12. The summed E-state index contributed by atoms with van der Waals surface area (Å²) in [5, 5.41) is 9.16. The maximum absolute atomic E-state index is 10.7. The molecule has 0 aliphatic carbocycles. The van der Waals surface area contributed by atoms with Gasteiger partial charge in [-0.3, -0.25) is 0 Å². The first-order valence-corrected chi connectivity index (χ1v) is 4.47. The number of halogens is 1. The van der Waals surface area contributed by atoms with Crippen molar-refractivity contribution in [2.45, 2.75) is 20.3 Å². The van der Waals surface area contributed by atoms with Gasteiger partial charge in [-0.05, 0) is 30.5 Å². The highest BCUT2D eigenvalue weighted by Crippen LogP contribution is 2.24. The van der Waals surface area contributed by atoms with Crippen LogP contribution in [0.4, 0.5) is 0 Å². The number of aromatic carboxylic acids is 1. The Morgan fingerprint density at radius 2 is 2.15 bits per heavy atom. The van der Waals surface area contributed by atoms with Crippen molar-refractivity contribution in [3.8, 4) is 0 Å². The van der Waals surface area contributed by atoms with E-state index in [4.69, 9.17) is 16.7 Å². The summed E-state index contributed by atoms with van der Waals surface area (Å²) in [6.45, 7) is 3.89. The fourth-order valence-electron chi connectivity index (χ4n) is 1.32. The molecular formula is C10H11ClO2. The number of hydrogen-bond donors (Lipinski definition) is 1. The number of hydrogen-bond acceptors (Lipinski definition) is 1. The van der Waals surface area contributed by atoms with Crippen molar-refractivity contribution in [1.82, 2.24) is 0 Å². The molecule has 0 aliphatic heterocycles. The number of aryl methyl sites for hydroxylation is 1. The second kappa shape index (κ2) is 3.79. The summed E-state index contributed by atoms with van der Waals surface area (Å²) in [7, 11) is 0. The van der Waals surface area contributed by atoms with E-state index in [9.17, 15) is 4.79 Å². The second-order valence-corrected chi connectivity index (χ2v) is 3.26. The van der Waals surface area contributed by atoms with E-state index < -0.39 is 5.97 Å². The fourth-order valence-corrected chi connectivity index (χ4v) is 1.74. The first kappa shape index (κ1) is 10.1. The molecule has 3 heteroatoms. The largest absolute Gasteiger partial charge is 0.478 e. The summed E-state index contributed by atoms with van der Waals surface area (Å²) in [4.78, 5) is 10.7. The van der Waals surface area contributed by atoms with E-state index in [1.54, 1.807) is 12.1 Å². The Morgan fingerprint density at radius 1 is 1.54 bits per heavy atom. The van der Waals surface area contributed by atoms with Gasteiger partial charge in [0.05, 0.1) is 10.6 Å². The molecule has 0 amide bonds. The lowest BCUT2D eigenvalue weighted by Crippen LogP contribution is -2.01. The lowest BCUT2D eigenvalue weighted by molar-refractivity contribution is 0.0697. The second-order valence-electron chi connectivity index (χ2n) is 2.88. The molecule has 70 valence electrons. The van der Waals surface area contributed by atoms with E-state index in [0.29, 0.717) is 5.02 Å². The van der Waals surface area contributed by atoms with Gasteiger partial charge in [-0.25, -0.2) is 4.79 Å². The Kier molecular flexibility index (Phi) is 2.94. The predicted octanol–water partition coefficient (Wildman–Crippen LogP) is 2.91. The van der Waals surface area contributed by atoms with Gasteiger partial charge in [0.25, 0.3) is 0 Å². The Bertz CT molecular complexity index is 345. The van der Waals surface area contributed by atoms with Crippen molar-refractivity contribution in [2.24, 2.45) is 0 Å². The predicted molar refractivity (Wildman–Crippen MR) is 52.5 cm³/mol. The third-order valence-electron chi connectivity index (χ3n) is 2.06. The minimum absolute atomic E-state index is 0.184. The average Bonchev–Trinajstić information content (AvgIpc) is 2.04. The molecular weight excluding hydrogens is 188 g/mol. The van der Waals surface area contributed by atoms with E-state index in [2.05, 4.69) is 0 Å². The molecule has 0 radical (unpaired) electrons. The maximum Gasteiger partial charge on any atom is 0.337 e. The van der Waals surface area contributed by atoms with Gasteiger partial charge in [-0.2, -0.15) is 0 Å². The summed E-state index contributed by atoms with van der Waals surface area (Å²) in [5.74, 6) is -0.972. The number of rotatable bonds is 2. The summed E-state index contributed by atoms with van der Waals surface area (Å²) in [6.07, 6.45) is 0.756. The molecule has 1 rings (SSSR count). The molecule has 2 nitrogen and oxygen atoms in total. The molecule has 0 atom stereocenters. The summed E-state index contributed by atoms with van der Waals surface area (Å²) in [5.41, 5.74) is 2.14. The van der Waals surface area contributed by atoms with Crippen LogP contribution in [0, 0.1) is 6.92 Å². The molecule has 0 saturated carbocycles. The van der Waals surface area contributed by atoms with Crippen LogP contribution < -0.4 is 0 Å². The van der Waals surface area contributed by atoms with Crippen LogP contribution in [0.5, 0.6) is 0 Å². The number of benzene rings is 1. The Hall–Kier alpha value is -1.02. The van der Waals surface area contributed by atoms with Crippen molar-refractivity contribution >= 4 is 17.6 Å². The zero-order chi connectivity index (χ0) is 10.0. The van der Waals surface area contributed by atoms with Gasteiger partial charge in [0.2, 0.25) is 0 Å². The van der Waals surface area contributed by atoms with Crippen LogP contribution >= 0.6 is 11.6 Å². The summed E-state index contributed by atoms with van der Waals surface area (Å²) < 4.78 is 0. The molecule has 1 aromatic carbocycles. The minimum atomic E-state index is -0.972. The Balaban J connectivity index is 3.35. The molecule has 0 aromatic heterocycles. The Labute approximate surface area is 82.2 Å². The lowest BCUT2D eigenvalue weighted by atomic mass is 10.0. The van der Waals surface area contributed by atoms with Crippen molar-refractivity contribution in [1.29, 1.82) is 0 Å². The molecule has 0 unspecified atom stereocenters. The van der Waals surface area contributed by atoms with Gasteiger partial charge in [0, 0.05) is 0 Å². The molecule has 0 aliphatic rings. The molecule has 0 fully saturated rings. The molecule has 1 aromatic rings. The third-order valence-corrected chi connectivity index (χ3v) is 2.49. The number of carboxylic acids is 1. The first-order valence-electron chi connectivity index (χ1n) is 4.09. The highest BCUT2D eigenvalue weighted by molar-refractivity contribution is 6.34. The van der Waals surface area contributed by atoms with E-state index >= 15 is 0 Å². The summed E-state index contributed by atoms with van der Waals surface area (Å²) >= 11 is 5.93. The molecule has 13 heavy (non-hydrogen) atoms. The maximum atomic E-state index is 10.7.